The molecule has 1 heterocycles. The van der Waals surface area contributed by atoms with Crippen molar-refractivity contribution in [2.45, 2.75) is 20.0 Å². The van der Waals surface area contributed by atoms with Gasteiger partial charge in [0.15, 0.2) is 0 Å². The molecule has 0 fully saturated rings. The van der Waals surface area contributed by atoms with Crippen LogP contribution in [0.25, 0.3) is 0 Å². The number of thiophene rings is 1. The number of hydrogen-bond donors (Lipinski definition) is 1. The molecule has 0 saturated carbocycles. The molecule has 90 valence electrons. The van der Waals surface area contributed by atoms with Gasteiger partial charge in [0.2, 0.25) is 0 Å². The average molecular weight is 375 g/mol. The standard InChI is InChI=1S/C13H13Br2NS/c1-9-2-4-11(17-9)8-16-7-10-3-5-12(14)13(15)6-10/h2-6,16H,7-8H2,1H3. The number of rotatable bonds is 4. The van der Waals surface area contributed by atoms with Crippen LogP contribution < -0.4 is 5.32 Å². The molecule has 0 spiro atoms. The van der Waals surface area contributed by atoms with E-state index < -0.39 is 0 Å². The normalized spacial score (nSPS) is 10.8. The van der Waals surface area contributed by atoms with E-state index in [1.165, 1.54) is 15.3 Å². The molecular formula is C13H13Br2NS. The van der Waals surface area contributed by atoms with E-state index in [9.17, 15) is 0 Å². The van der Waals surface area contributed by atoms with Gasteiger partial charge < -0.3 is 5.32 Å². The Hall–Kier alpha value is -0.160. The fourth-order valence-corrected chi connectivity index (χ4v) is 3.09. The Morgan fingerprint density at radius 1 is 1.06 bits per heavy atom. The fraction of sp³-hybridized carbons (Fsp3) is 0.231. The molecule has 0 aliphatic rings. The highest BCUT2D eigenvalue weighted by atomic mass is 79.9. The summed E-state index contributed by atoms with van der Waals surface area (Å²) in [7, 11) is 0. The van der Waals surface area contributed by atoms with Crippen LogP contribution in [0.5, 0.6) is 0 Å². The molecule has 1 aromatic carbocycles. The molecule has 1 N–H and O–H groups in total. The van der Waals surface area contributed by atoms with E-state index in [1.807, 2.05) is 11.3 Å². The van der Waals surface area contributed by atoms with Crippen LogP contribution in [0.1, 0.15) is 15.3 Å². The summed E-state index contributed by atoms with van der Waals surface area (Å²) in [6.07, 6.45) is 0. The van der Waals surface area contributed by atoms with Gasteiger partial charge in [-0.25, -0.2) is 0 Å². The smallest absolute Gasteiger partial charge is 0.0320 e. The van der Waals surface area contributed by atoms with E-state index in [1.54, 1.807) is 0 Å². The zero-order chi connectivity index (χ0) is 12.3. The van der Waals surface area contributed by atoms with Gasteiger partial charge in [-0.2, -0.15) is 0 Å². The minimum atomic E-state index is 0.892. The molecular weight excluding hydrogens is 362 g/mol. The van der Waals surface area contributed by atoms with Crippen molar-refractivity contribution in [2.75, 3.05) is 0 Å². The molecule has 17 heavy (non-hydrogen) atoms. The second-order valence-corrected chi connectivity index (χ2v) is 6.95. The molecule has 0 saturated heterocycles. The van der Waals surface area contributed by atoms with Gasteiger partial charge in [-0.15, -0.1) is 11.3 Å². The molecule has 1 nitrogen and oxygen atoms in total. The third-order valence-corrected chi connectivity index (χ3v) is 5.29. The molecule has 0 unspecified atom stereocenters. The Morgan fingerprint density at radius 2 is 1.88 bits per heavy atom. The van der Waals surface area contributed by atoms with Gasteiger partial charge in [0.1, 0.15) is 0 Å². The van der Waals surface area contributed by atoms with Gasteiger partial charge >= 0.3 is 0 Å². The van der Waals surface area contributed by atoms with E-state index in [-0.39, 0.29) is 0 Å². The quantitative estimate of drug-likeness (QED) is 0.804. The summed E-state index contributed by atoms with van der Waals surface area (Å²) in [6.45, 7) is 3.97. The van der Waals surface area contributed by atoms with Gasteiger partial charge in [0.05, 0.1) is 0 Å². The molecule has 0 aliphatic heterocycles. The predicted molar refractivity (Wildman–Crippen MR) is 81.4 cm³/mol. The van der Waals surface area contributed by atoms with Crippen LogP contribution in [0.2, 0.25) is 0 Å². The summed E-state index contributed by atoms with van der Waals surface area (Å²) in [5.74, 6) is 0. The fourth-order valence-electron chi connectivity index (χ4n) is 1.56. The molecule has 0 aliphatic carbocycles. The first-order valence-corrected chi connectivity index (χ1v) is 7.75. The second-order valence-electron chi connectivity index (χ2n) is 3.86. The maximum Gasteiger partial charge on any atom is 0.0320 e. The Kier molecular flexibility index (Phi) is 4.79. The minimum Gasteiger partial charge on any atom is -0.308 e. The van der Waals surface area contributed by atoms with E-state index in [2.05, 4.69) is 74.4 Å². The Balaban J connectivity index is 1.87. The molecule has 0 radical (unpaired) electrons. The first-order valence-electron chi connectivity index (χ1n) is 5.35. The summed E-state index contributed by atoms with van der Waals surface area (Å²) < 4.78 is 2.19. The summed E-state index contributed by atoms with van der Waals surface area (Å²) >= 11 is 8.83. The lowest BCUT2D eigenvalue weighted by molar-refractivity contribution is 0.700. The van der Waals surface area contributed by atoms with Gasteiger partial charge in [-0.1, -0.05) is 6.07 Å². The number of nitrogens with one attached hydrogen (secondary N) is 1. The summed E-state index contributed by atoms with van der Waals surface area (Å²) in [6, 6.07) is 10.7. The van der Waals surface area contributed by atoms with Gasteiger partial charge in [-0.3, -0.25) is 0 Å². The number of benzene rings is 1. The summed E-state index contributed by atoms with van der Waals surface area (Å²) in [4.78, 5) is 2.76. The molecule has 0 atom stereocenters. The maximum atomic E-state index is 3.51. The van der Waals surface area contributed by atoms with Crippen LogP contribution in [0, 0.1) is 6.92 Å². The SMILES string of the molecule is Cc1ccc(CNCc2ccc(Br)c(Br)c2)s1. The van der Waals surface area contributed by atoms with Gasteiger partial charge in [-0.05, 0) is 68.6 Å². The van der Waals surface area contributed by atoms with Crippen molar-refractivity contribution in [3.05, 3.63) is 54.6 Å². The highest BCUT2D eigenvalue weighted by Gasteiger charge is 2.00. The lowest BCUT2D eigenvalue weighted by Gasteiger charge is -2.05. The van der Waals surface area contributed by atoms with Crippen molar-refractivity contribution in [1.82, 2.24) is 5.32 Å². The van der Waals surface area contributed by atoms with Crippen LogP contribution in [0.15, 0.2) is 39.3 Å². The van der Waals surface area contributed by atoms with Crippen LogP contribution in [-0.2, 0) is 13.1 Å². The maximum absolute atomic E-state index is 3.51. The van der Waals surface area contributed by atoms with E-state index in [0.29, 0.717) is 0 Å². The molecule has 2 rings (SSSR count). The number of hydrogen-bond acceptors (Lipinski definition) is 2. The Bertz CT molecular complexity index is 508. The van der Waals surface area contributed by atoms with Crippen molar-refractivity contribution in [1.29, 1.82) is 0 Å². The van der Waals surface area contributed by atoms with Crippen LogP contribution in [-0.4, -0.2) is 0 Å². The first-order chi connectivity index (χ1) is 8.15. The highest BCUT2D eigenvalue weighted by molar-refractivity contribution is 9.13. The number of halogens is 2. The summed E-state index contributed by atoms with van der Waals surface area (Å²) in [5.41, 5.74) is 1.29. The molecule has 4 heteroatoms. The molecule has 0 bridgehead atoms. The van der Waals surface area contributed by atoms with Crippen molar-refractivity contribution in [3.63, 3.8) is 0 Å². The van der Waals surface area contributed by atoms with E-state index in [4.69, 9.17) is 0 Å². The average Bonchev–Trinajstić information content (AvgIpc) is 2.70. The zero-order valence-electron chi connectivity index (χ0n) is 9.47. The van der Waals surface area contributed by atoms with Gasteiger partial charge in [0.25, 0.3) is 0 Å². The van der Waals surface area contributed by atoms with E-state index in [0.717, 1.165) is 22.0 Å². The topological polar surface area (TPSA) is 12.0 Å². The van der Waals surface area contributed by atoms with Crippen molar-refractivity contribution in [3.8, 4) is 0 Å². The molecule has 0 amide bonds. The van der Waals surface area contributed by atoms with Crippen molar-refractivity contribution >= 4 is 43.2 Å². The first kappa shape index (κ1) is 13.3. The van der Waals surface area contributed by atoms with Crippen LogP contribution in [0.4, 0.5) is 0 Å². The highest BCUT2D eigenvalue weighted by Crippen LogP contribution is 2.23. The van der Waals surface area contributed by atoms with Crippen molar-refractivity contribution < 1.29 is 0 Å². The molecule has 2 aromatic rings. The lowest BCUT2D eigenvalue weighted by atomic mass is 10.2. The van der Waals surface area contributed by atoms with Crippen LogP contribution >= 0.6 is 43.2 Å². The van der Waals surface area contributed by atoms with Crippen LogP contribution in [0.3, 0.4) is 0 Å². The lowest BCUT2D eigenvalue weighted by Crippen LogP contribution is -2.11. The minimum absolute atomic E-state index is 0.892. The van der Waals surface area contributed by atoms with E-state index >= 15 is 0 Å². The predicted octanol–water partition coefficient (Wildman–Crippen LogP) is 4.87. The Morgan fingerprint density at radius 3 is 2.53 bits per heavy atom. The second kappa shape index (κ2) is 6.14. The van der Waals surface area contributed by atoms with Gasteiger partial charge in [0, 0.05) is 31.8 Å². The Labute approximate surface area is 123 Å². The monoisotopic (exact) mass is 373 g/mol. The molecule has 1 aromatic heterocycles. The largest absolute Gasteiger partial charge is 0.308 e. The third-order valence-electron chi connectivity index (χ3n) is 2.41. The number of aryl methyl sites for hydroxylation is 1. The zero-order valence-corrected chi connectivity index (χ0v) is 13.5. The third kappa shape index (κ3) is 3.91. The van der Waals surface area contributed by atoms with Crippen molar-refractivity contribution in [2.24, 2.45) is 0 Å². The summed E-state index contributed by atoms with van der Waals surface area (Å²) in [5, 5.41) is 3.45.